The predicted octanol–water partition coefficient (Wildman–Crippen LogP) is 39.1. The topological polar surface area (TPSA) is 118 Å². The fourth-order valence-corrected chi connectivity index (χ4v) is 31.4. The fraction of sp³-hybridized carbons (Fsp3) is 0.656. The van der Waals surface area contributed by atoms with Crippen LogP contribution in [0.1, 0.15) is 398 Å². The molecule has 19 atom stereocenters. The highest BCUT2D eigenvalue weighted by atomic mass is 127. The molecule has 0 saturated heterocycles. The highest BCUT2D eigenvalue weighted by Crippen LogP contribution is 2.60. The van der Waals surface area contributed by atoms with E-state index in [1.807, 2.05) is 36.4 Å². The van der Waals surface area contributed by atoms with Gasteiger partial charge >= 0.3 is 0 Å². The molecule has 5 aromatic rings. The Morgan fingerprint density at radius 1 is 0.345 bits per heavy atom. The van der Waals surface area contributed by atoms with Gasteiger partial charge in [0.15, 0.2) is 0 Å². The molecule has 11 heteroatoms. The van der Waals surface area contributed by atoms with E-state index in [1.54, 1.807) is 39.9 Å². The van der Waals surface area contributed by atoms with E-state index in [0.717, 1.165) is 149 Å². The molecular formula is C131H197BrClFIN3O4. The number of rotatable bonds is 16. The van der Waals surface area contributed by atoms with Gasteiger partial charge < -0.3 is 20.7 Å². The summed E-state index contributed by atoms with van der Waals surface area (Å²) in [6.07, 6.45) is 38.6. The fourth-order valence-electron chi connectivity index (χ4n) is 30.2. The second kappa shape index (κ2) is 53.1. The minimum absolute atomic E-state index is 0.0477. The number of halogens is 4. The van der Waals surface area contributed by atoms with Gasteiger partial charge in [-0.3, -0.25) is 0 Å². The molecule has 0 heterocycles. The Morgan fingerprint density at radius 2 is 0.704 bits per heavy atom. The monoisotopic (exact) mass is 2140 g/mol. The van der Waals surface area contributed by atoms with Crippen LogP contribution in [-0.2, 0) is 32.1 Å². The molecule has 2 saturated carbocycles. The van der Waals surface area contributed by atoms with Gasteiger partial charge in [0, 0.05) is 23.9 Å². The van der Waals surface area contributed by atoms with Crippen molar-refractivity contribution in [1.82, 2.24) is 0 Å². The quantitative estimate of drug-likeness (QED) is 0.0447. The summed E-state index contributed by atoms with van der Waals surface area (Å²) in [5, 5.41) is 47.5. The summed E-state index contributed by atoms with van der Waals surface area (Å²) >= 11 is 12.1. The Kier molecular flexibility index (Phi) is 44.7. The molecule has 0 aliphatic heterocycles. The maximum absolute atomic E-state index is 13.3. The number of fused-ring (bicyclic) bond motifs is 8. The zero-order valence-corrected chi connectivity index (χ0v) is 99.8. The third-order valence-corrected chi connectivity index (χ3v) is 38.2. The molecule has 7 nitrogen and oxygen atoms in total. The maximum atomic E-state index is 13.3. The average Bonchev–Trinajstić information content (AvgIpc) is 0.749. The van der Waals surface area contributed by atoms with Crippen LogP contribution < -0.4 is 0 Å². The molecule has 16 unspecified atom stereocenters. The van der Waals surface area contributed by atoms with Crippen LogP contribution in [-0.4, -0.2) is 37.9 Å². The second-order valence-corrected chi connectivity index (χ2v) is 54.0. The normalized spacial score (nSPS) is 29.2. The molecule has 4 N–H and O–H groups in total. The zero-order chi connectivity index (χ0) is 106. The number of aryl methyl sites for hydroxylation is 5. The standard InChI is InChI=1S/C17H29NO.C17H27NO.C17H25NO.C16H23Br.C16H23Cl.C16H23F.C16H23I.C16H24O/c3*1-11(2)15-7-6-13-10-14(18-19)8-9-17(13,5)16(15)12(3)4;5*1-10(2)14-7-5-12-9-13(17)6-8-15(12)16(14)11(3)4/h10-12,15-16,19H,6-9H2,1-5H3;8-12,15-16,19H,6-7H2,1-5H3;6-12,15-16,19H,1-5H3;4*6,8-11,14,16H,5,7H2,1-4H3;6,8-11,14,16-17H,5,7H2,1-4H3/b3*18-14-;;;;;/t3*15?,16?,17-;;;;;/m000...../s1. The van der Waals surface area contributed by atoms with Crippen LogP contribution in [0.5, 0.6) is 5.75 Å². The number of oxime groups is 3. The second-order valence-electron chi connectivity index (χ2n) is 51.4. The molecule has 0 bridgehead atoms. The van der Waals surface area contributed by atoms with Crippen LogP contribution >= 0.6 is 50.1 Å². The molecule has 0 spiro atoms. The molecule has 788 valence electrons. The van der Waals surface area contributed by atoms with Gasteiger partial charge in [0.25, 0.3) is 0 Å². The van der Waals surface area contributed by atoms with Crippen LogP contribution in [0.3, 0.4) is 0 Å². The summed E-state index contributed by atoms with van der Waals surface area (Å²) in [5.74, 6) is 23.5. The van der Waals surface area contributed by atoms with Crippen molar-refractivity contribution in [2.45, 2.75) is 375 Å². The number of nitrogens with zero attached hydrogens (tertiary/aromatic N) is 3. The van der Waals surface area contributed by atoms with Gasteiger partial charge in [-0.15, -0.1) is 0 Å². The average molecular weight is 2140 g/mol. The summed E-state index contributed by atoms with van der Waals surface area (Å²) in [4.78, 5) is 0. The van der Waals surface area contributed by atoms with Gasteiger partial charge in [-0.1, -0.05) is 351 Å². The number of aromatic hydroxyl groups is 1. The number of benzene rings is 5. The molecule has 16 rings (SSSR count). The van der Waals surface area contributed by atoms with E-state index in [0.29, 0.717) is 105 Å². The highest BCUT2D eigenvalue weighted by molar-refractivity contribution is 14.1. The predicted molar refractivity (Wildman–Crippen MR) is 622 cm³/mol. The molecular weight excluding hydrogens is 1940 g/mol. The Balaban J connectivity index is 0.000000181. The zero-order valence-electron chi connectivity index (χ0n) is 95.3. The van der Waals surface area contributed by atoms with Crippen molar-refractivity contribution in [2.24, 2.45) is 191 Å². The summed E-state index contributed by atoms with van der Waals surface area (Å²) in [6, 6.07) is 31.7. The summed E-state index contributed by atoms with van der Waals surface area (Å²) < 4.78 is 15.9. The van der Waals surface area contributed by atoms with E-state index >= 15 is 0 Å². The smallest absolute Gasteiger partial charge is 0.123 e. The SMILES string of the molecule is CC(C)C1C=CC2=C/C(=N\O)C=C[C@]2(C)C1C(C)C.CC(C)C1CCC2=C/C(=N\O)C=C[C@]2(C)C1C(C)C.CC(C)C1CCC2=C/C(=N\O)CC[C@]2(C)C1C(C)C.CC(C)C1CCc2cc(Br)ccc2C1C(C)C.CC(C)C1CCc2cc(Cl)ccc2C1C(C)C.CC(C)C1CCc2cc(F)ccc2C1C(C)C.CC(C)C1CCc2cc(I)ccc2C1C(C)C.CC(C)C1CCc2cc(O)ccc2C1C(C)C. The lowest BCUT2D eigenvalue weighted by Crippen LogP contribution is -2.45. The van der Waals surface area contributed by atoms with E-state index in [-0.39, 0.29) is 16.6 Å². The first-order valence-corrected chi connectivity index (χ1v) is 58.8. The van der Waals surface area contributed by atoms with Crippen LogP contribution in [0.4, 0.5) is 4.39 Å². The molecule has 11 aliphatic carbocycles. The molecule has 142 heavy (non-hydrogen) atoms. The van der Waals surface area contributed by atoms with Crippen LogP contribution in [0.25, 0.3) is 0 Å². The van der Waals surface area contributed by atoms with Crippen molar-refractivity contribution < 1.29 is 25.1 Å². The Hall–Kier alpha value is -5.82. The van der Waals surface area contributed by atoms with Crippen LogP contribution in [0.15, 0.2) is 182 Å². The molecule has 0 amide bonds. The number of hydrogen-bond donors (Lipinski definition) is 4. The third-order valence-electron chi connectivity index (χ3n) is 36.8. The third kappa shape index (κ3) is 28.9. The maximum Gasteiger partial charge on any atom is 0.123 e. The molecule has 2 fully saturated rings. The van der Waals surface area contributed by atoms with Crippen LogP contribution in [0, 0.1) is 185 Å². The minimum Gasteiger partial charge on any atom is -0.508 e. The molecule has 11 aliphatic rings. The van der Waals surface area contributed by atoms with Gasteiger partial charge in [0.1, 0.15) is 23.0 Å². The van der Waals surface area contributed by atoms with E-state index in [1.165, 1.54) is 123 Å². The number of phenolic OH excluding ortho intramolecular Hbond substituents is 1. The lowest BCUT2D eigenvalue weighted by Gasteiger charge is -2.53. The molecule has 5 aromatic carbocycles. The first-order valence-electron chi connectivity index (χ1n) is 56.5. The Morgan fingerprint density at radius 3 is 1.11 bits per heavy atom. The minimum atomic E-state index is -0.0887. The van der Waals surface area contributed by atoms with Crippen molar-refractivity contribution in [3.8, 4) is 5.75 Å². The van der Waals surface area contributed by atoms with Gasteiger partial charge in [-0.05, 0) is 472 Å². The lowest BCUT2D eigenvalue weighted by atomic mass is 9.52. The lowest BCUT2D eigenvalue weighted by molar-refractivity contribution is 0.0363. The largest absolute Gasteiger partial charge is 0.508 e. The van der Waals surface area contributed by atoms with Crippen molar-refractivity contribution >= 4 is 67.3 Å². The Labute approximate surface area is 894 Å². The van der Waals surface area contributed by atoms with Gasteiger partial charge in [0.2, 0.25) is 0 Å². The van der Waals surface area contributed by atoms with E-state index < -0.39 is 0 Å². The molecule has 0 aromatic heterocycles. The number of allylic oxidation sites excluding steroid dienone is 12. The van der Waals surface area contributed by atoms with Crippen molar-refractivity contribution in [3.63, 3.8) is 0 Å². The van der Waals surface area contributed by atoms with Crippen molar-refractivity contribution in [1.29, 1.82) is 0 Å². The Bertz CT molecular complexity index is 4720. The van der Waals surface area contributed by atoms with Gasteiger partial charge in [-0.2, -0.15) is 0 Å². The van der Waals surface area contributed by atoms with E-state index in [2.05, 4.69) is 393 Å². The van der Waals surface area contributed by atoms with E-state index in [4.69, 9.17) is 27.2 Å². The number of hydrogen-bond acceptors (Lipinski definition) is 7. The van der Waals surface area contributed by atoms with Crippen molar-refractivity contribution in [3.05, 3.63) is 237 Å². The van der Waals surface area contributed by atoms with Crippen molar-refractivity contribution in [2.75, 3.05) is 0 Å². The summed E-state index contributed by atoms with van der Waals surface area (Å²) in [7, 11) is 0. The number of phenols is 1. The van der Waals surface area contributed by atoms with Gasteiger partial charge in [-0.25, -0.2) is 4.39 Å². The molecule has 0 radical (unpaired) electrons. The first kappa shape index (κ1) is 120. The first-order chi connectivity index (χ1) is 66.7. The van der Waals surface area contributed by atoms with Gasteiger partial charge in [0.05, 0.1) is 5.71 Å². The highest BCUT2D eigenvalue weighted by Gasteiger charge is 2.51. The van der Waals surface area contributed by atoms with Crippen LogP contribution in [0.2, 0.25) is 5.02 Å². The summed E-state index contributed by atoms with van der Waals surface area (Å²) in [6.45, 7) is 82.3. The summed E-state index contributed by atoms with van der Waals surface area (Å²) in [5.41, 5.74) is 21.8. The van der Waals surface area contributed by atoms with E-state index in [9.17, 15) is 9.50 Å².